The number of methoxy groups -OCH3 is 2. The summed E-state index contributed by atoms with van der Waals surface area (Å²) in [4.78, 5) is 23.8. The first-order valence-corrected chi connectivity index (χ1v) is 11.5. The molecule has 0 atom stereocenters. The maximum Gasteiger partial charge on any atom is 0.248 e. The van der Waals surface area contributed by atoms with Gasteiger partial charge in [-0.05, 0) is 36.4 Å². The number of carbonyl (C=O) groups excluding carboxylic acids is 2. The van der Waals surface area contributed by atoms with Crippen molar-refractivity contribution in [2.24, 2.45) is 5.73 Å². The number of hydrogen-bond acceptors (Lipinski definition) is 7. The summed E-state index contributed by atoms with van der Waals surface area (Å²) in [6.45, 7) is 0. The SMILES string of the molecule is COc1ccc(-n2c(SCC(=O)Nc3ccc(C(N)=O)cc3)nnc2-c2ccccc2)cc1OC. The predicted molar refractivity (Wildman–Crippen MR) is 134 cm³/mol. The van der Waals surface area contributed by atoms with E-state index in [2.05, 4.69) is 15.5 Å². The van der Waals surface area contributed by atoms with Crippen LogP contribution in [0.4, 0.5) is 5.69 Å². The van der Waals surface area contributed by atoms with Crippen molar-refractivity contribution in [1.82, 2.24) is 14.8 Å². The molecule has 0 aliphatic carbocycles. The van der Waals surface area contributed by atoms with Gasteiger partial charge in [0.25, 0.3) is 0 Å². The number of amides is 2. The lowest BCUT2D eigenvalue weighted by molar-refractivity contribution is -0.113. The second kappa shape index (κ2) is 10.7. The number of nitrogens with zero attached hydrogens (tertiary/aromatic N) is 3. The van der Waals surface area contributed by atoms with E-state index in [0.717, 1.165) is 11.3 Å². The third-order valence-electron chi connectivity index (χ3n) is 5.08. The lowest BCUT2D eigenvalue weighted by atomic mass is 10.2. The Bertz CT molecular complexity index is 1340. The van der Waals surface area contributed by atoms with Crippen LogP contribution >= 0.6 is 11.8 Å². The van der Waals surface area contributed by atoms with Crippen LogP contribution in [0, 0.1) is 0 Å². The molecule has 0 bridgehead atoms. The van der Waals surface area contributed by atoms with Crippen molar-refractivity contribution < 1.29 is 19.1 Å². The van der Waals surface area contributed by atoms with Crippen molar-refractivity contribution in [2.75, 3.05) is 25.3 Å². The van der Waals surface area contributed by atoms with Crippen molar-refractivity contribution >= 4 is 29.3 Å². The zero-order valence-corrected chi connectivity index (χ0v) is 19.9. The number of nitrogens with one attached hydrogen (secondary N) is 1. The molecular formula is C25H23N5O4S. The molecule has 35 heavy (non-hydrogen) atoms. The number of anilines is 1. The van der Waals surface area contributed by atoms with E-state index in [-0.39, 0.29) is 11.7 Å². The van der Waals surface area contributed by atoms with Gasteiger partial charge in [-0.3, -0.25) is 14.2 Å². The number of nitrogens with two attached hydrogens (primary N) is 1. The van der Waals surface area contributed by atoms with E-state index in [4.69, 9.17) is 15.2 Å². The summed E-state index contributed by atoms with van der Waals surface area (Å²) in [6.07, 6.45) is 0. The molecule has 1 heterocycles. The Kier molecular flexibility index (Phi) is 7.32. The first-order valence-electron chi connectivity index (χ1n) is 10.6. The van der Waals surface area contributed by atoms with Gasteiger partial charge < -0.3 is 20.5 Å². The summed E-state index contributed by atoms with van der Waals surface area (Å²) in [6, 6.07) is 21.5. The molecule has 0 saturated heterocycles. The number of primary amides is 1. The molecule has 10 heteroatoms. The Morgan fingerprint density at radius 3 is 2.31 bits per heavy atom. The number of rotatable bonds is 9. The normalized spacial score (nSPS) is 10.6. The average Bonchev–Trinajstić information content (AvgIpc) is 3.32. The monoisotopic (exact) mass is 489 g/mol. The molecule has 0 unspecified atom stereocenters. The fraction of sp³-hybridized carbons (Fsp3) is 0.120. The van der Waals surface area contributed by atoms with Crippen LogP contribution in [0.25, 0.3) is 17.1 Å². The Balaban J connectivity index is 1.60. The molecule has 4 aromatic rings. The van der Waals surface area contributed by atoms with Crippen molar-refractivity contribution in [3.63, 3.8) is 0 Å². The highest BCUT2D eigenvalue weighted by molar-refractivity contribution is 7.99. The zero-order chi connectivity index (χ0) is 24.8. The fourth-order valence-corrected chi connectivity index (χ4v) is 4.13. The minimum absolute atomic E-state index is 0.0950. The van der Waals surface area contributed by atoms with E-state index >= 15 is 0 Å². The van der Waals surface area contributed by atoms with Crippen LogP contribution < -0.4 is 20.5 Å². The molecule has 1 aromatic heterocycles. The summed E-state index contributed by atoms with van der Waals surface area (Å²) in [5, 5.41) is 12.1. The van der Waals surface area contributed by atoms with E-state index in [9.17, 15) is 9.59 Å². The number of thioether (sulfide) groups is 1. The van der Waals surface area contributed by atoms with Crippen molar-refractivity contribution in [3.8, 4) is 28.6 Å². The maximum atomic E-state index is 12.6. The highest BCUT2D eigenvalue weighted by Gasteiger charge is 2.19. The Morgan fingerprint density at radius 1 is 0.943 bits per heavy atom. The summed E-state index contributed by atoms with van der Waals surface area (Å²) in [5.41, 5.74) is 7.83. The van der Waals surface area contributed by atoms with Gasteiger partial charge in [0.1, 0.15) is 0 Å². The molecule has 4 rings (SSSR count). The fourth-order valence-electron chi connectivity index (χ4n) is 3.38. The summed E-state index contributed by atoms with van der Waals surface area (Å²) in [7, 11) is 3.15. The number of carbonyl (C=O) groups is 2. The second-order valence-electron chi connectivity index (χ2n) is 7.33. The van der Waals surface area contributed by atoms with Gasteiger partial charge in [0, 0.05) is 22.9 Å². The molecule has 0 aliphatic rings. The molecule has 0 spiro atoms. The van der Waals surface area contributed by atoms with Crippen LogP contribution in [0.15, 0.2) is 78.0 Å². The number of aromatic nitrogens is 3. The predicted octanol–water partition coefficient (Wildman–Crippen LogP) is 3.78. The molecule has 0 aliphatic heterocycles. The first-order chi connectivity index (χ1) is 17.0. The van der Waals surface area contributed by atoms with Gasteiger partial charge in [-0.25, -0.2) is 0 Å². The Labute approximate surface area is 206 Å². The highest BCUT2D eigenvalue weighted by Crippen LogP contribution is 2.33. The molecule has 3 aromatic carbocycles. The van der Waals surface area contributed by atoms with Crippen LogP contribution in [0.3, 0.4) is 0 Å². The largest absolute Gasteiger partial charge is 0.493 e. The topological polar surface area (TPSA) is 121 Å². The lowest BCUT2D eigenvalue weighted by Crippen LogP contribution is -2.15. The first kappa shape index (κ1) is 23.8. The van der Waals surface area contributed by atoms with Crippen molar-refractivity contribution in [2.45, 2.75) is 5.16 Å². The summed E-state index contributed by atoms with van der Waals surface area (Å²) < 4.78 is 12.7. The van der Waals surface area contributed by atoms with Crippen LogP contribution in [-0.2, 0) is 4.79 Å². The molecule has 0 fully saturated rings. The Morgan fingerprint density at radius 2 is 1.66 bits per heavy atom. The minimum Gasteiger partial charge on any atom is -0.493 e. The van der Waals surface area contributed by atoms with Crippen LogP contribution in [0.2, 0.25) is 0 Å². The van der Waals surface area contributed by atoms with Gasteiger partial charge in [0.15, 0.2) is 22.5 Å². The summed E-state index contributed by atoms with van der Waals surface area (Å²) >= 11 is 1.25. The number of ether oxygens (including phenoxy) is 2. The van der Waals surface area contributed by atoms with Crippen LogP contribution in [-0.4, -0.2) is 46.6 Å². The van der Waals surface area contributed by atoms with Gasteiger partial charge in [-0.1, -0.05) is 42.1 Å². The third-order valence-corrected chi connectivity index (χ3v) is 6.01. The number of benzene rings is 3. The molecular weight excluding hydrogens is 466 g/mol. The second-order valence-corrected chi connectivity index (χ2v) is 8.27. The van der Waals surface area contributed by atoms with Gasteiger partial charge in [-0.2, -0.15) is 0 Å². The average molecular weight is 490 g/mol. The third kappa shape index (κ3) is 5.44. The molecule has 9 nitrogen and oxygen atoms in total. The minimum atomic E-state index is -0.526. The van der Waals surface area contributed by atoms with E-state index < -0.39 is 5.91 Å². The highest BCUT2D eigenvalue weighted by atomic mass is 32.2. The molecule has 0 saturated carbocycles. The maximum absolute atomic E-state index is 12.6. The zero-order valence-electron chi connectivity index (χ0n) is 19.1. The van der Waals surface area contributed by atoms with Crippen molar-refractivity contribution in [3.05, 3.63) is 78.4 Å². The molecule has 0 radical (unpaired) electrons. The molecule has 2 amide bonds. The van der Waals surface area contributed by atoms with Crippen LogP contribution in [0.1, 0.15) is 10.4 Å². The summed E-state index contributed by atoms with van der Waals surface area (Å²) in [5.74, 6) is 1.12. The van der Waals surface area contributed by atoms with Crippen LogP contribution in [0.5, 0.6) is 11.5 Å². The van der Waals surface area contributed by atoms with Gasteiger partial charge in [0.2, 0.25) is 11.8 Å². The van der Waals surface area contributed by atoms with Crippen molar-refractivity contribution in [1.29, 1.82) is 0 Å². The van der Waals surface area contributed by atoms with Gasteiger partial charge >= 0.3 is 0 Å². The Hall–Kier alpha value is -4.31. The lowest BCUT2D eigenvalue weighted by Gasteiger charge is -2.13. The molecule has 178 valence electrons. The molecule has 3 N–H and O–H groups in total. The smallest absolute Gasteiger partial charge is 0.248 e. The van der Waals surface area contributed by atoms with E-state index in [0.29, 0.717) is 33.7 Å². The quantitative estimate of drug-likeness (QED) is 0.343. The van der Waals surface area contributed by atoms with E-state index in [1.54, 1.807) is 44.6 Å². The van der Waals surface area contributed by atoms with E-state index in [1.165, 1.54) is 11.8 Å². The van der Waals surface area contributed by atoms with Gasteiger partial charge in [0.05, 0.1) is 25.7 Å². The standard InChI is InChI=1S/C25H23N5O4S/c1-33-20-13-12-19(14-21(20)34-2)30-24(17-6-4-3-5-7-17)28-29-25(30)35-15-22(31)27-18-10-8-16(9-11-18)23(26)32/h3-14H,15H2,1-2H3,(H2,26,32)(H,27,31). The van der Waals surface area contributed by atoms with E-state index in [1.807, 2.05) is 47.0 Å². The number of hydrogen-bond donors (Lipinski definition) is 2. The van der Waals surface area contributed by atoms with Gasteiger partial charge in [-0.15, -0.1) is 10.2 Å².